The monoisotopic (exact) mass is 448 g/mol. The van der Waals surface area contributed by atoms with Gasteiger partial charge in [-0.05, 0) is 13.0 Å². The second-order valence-corrected chi connectivity index (χ2v) is 5.39. The molecule has 0 aliphatic carbocycles. The summed E-state index contributed by atoms with van der Waals surface area (Å²) in [6, 6.07) is 7.98. The molecule has 0 saturated carbocycles. The number of benzene rings is 1. The Labute approximate surface area is 162 Å². The number of para-hydroxylation sites is 1. The zero-order valence-electron chi connectivity index (χ0n) is 14.6. The summed E-state index contributed by atoms with van der Waals surface area (Å²) >= 11 is 0. The number of hydrogen-bond donors (Lipinski definition) is 2. The van der Waals surface area contributed by atoms with Crippen molar-refractivity contribution in [1.82, 2.24) is 15.5 Å². The van der Waals surface area contributed by atoms with Gasteiger partial charge in [0.1, 0.15) is 5.75 Å². The molecule has 0 amide bonds. The third-order valence-corrected chi connectivity index (χ3v) is 3.77. The van der Waals surface area contributed by atoms with E-state index >= 15 is 0 Å². The fourth-order valence-electron chi connectivity index (χ4n) is 2.50. The van der Waals surface area contributed by atoms with E-state index in [1.165, 1.54) is 0 Å². The van der Waals surface area contributed by atoms with Gasteiger partial charge in [-0.1, -0.05) is 18.2 Å². The SMILES string of the molecule is CCNC(=NCc1ccccc1OC)NCCN1CCOCC1.I. The molecule has 7 heteroatoms. The highest BCUT2D eigenvalue weighted by molar-refractivity contribution is 14.0. The molecule has 1 aliphatic heterocycles. The van der Waals surface area contributed by atoms with Crippen molar-refractivity contribution in [2.24, 2.45) is 4.99 Å². The van der Waals surface area contributed by atoms with E-state index in [-0.39, 0.29) is 24.0 Å². The van der Waals surface area contributed by atoms with Crippen LogP contribution in [0.1, 0.15) is 12.5 Å². The summed E-state index contributed by atoms with van der Waals surface area (Å²) in [5, 5.41) is 6.67. The lowest BCUT2D eigenvalue weighted by atomic mass is 10.2. The highest BCUT2D eigenvalue weighted by Crippen LogP contribution is 2.17. The van der Waals surface area contributed by atoms with E-state index in [1.807, 2.05) is 24.3 Å². The van der Waals surface area contributed by atoms with Crippen LogP contribution in [0.3, 0.4) is 0 Å². The van der Waals surface area contributed by atoms with E-state index in [0.717, 1.165) is 63.2 Å². The van der Waals surface area contributed by atoms with Gasteiger partial charge in [-0.25, -0.2) is 4.99 Å². The van der Waals surface area contributed by atoms with Crippen LogP contribution < -0.4 is 15.4 Å². The molecular weight excluding hydrogens is 419 g/mol. The Morgan fingerprint density at radius 1 is 1.25 bits per heavy atom. The van der Waals surface area contributed by atoms with Gasteiger partial charge in [-0.15, -0.1) is 24.0 Å². The fraction of sp³-hybridized carbons (Fsp3) is 0.588. The molecule has 0 aromatic heterocycles. The number of guanidine groups is 1. The zero-order chi connectivity index (χ0) is 16.3. The van der Waals surface area contributed by atoms with E-state index in [1.54, 1.807) is 7.11 Å². The summed E-state index contributed by atoms with van der Waals surface area (Å²) in [5.41, 5.74) is 1.08. The molecule has 136 valence electrons. The number of ether oxygens (including phenoxy) is 2. The number of methoxy groups -OCH3 is 1. The number of morpholine rings is 1. The summed E-state index contributed by atoms with van der Waals surface area (Å²) < 4.78 is 10.7. The highest BCUT2D eigenvalue weighted by atomic mass is 127. The standard InChI is InChI=1S/C17H28N4O2.HI/c1-3-18-17(19-8-9-21-10-12-23-13-11-21)20-14-15-6-4-5-7-16(15)22-2;/h4-7H,3,8-14H2,1-2H3,(H2,18,19,20);1H. The van der Waals surface area contributed by atoms with Crippen LogP contribution in [-0.2, 0) is 11.3 Å². The van der Waals surface area contributed by atoms with Crippen LogP contribution in [0.15, 0.2) is 29.3 Å². The number of nitrogens with one attached hydrogen (secondary N) is 2. The largest absolute Gasteiger partial charge is 0.496 e. The predicted molar refractivity (Wildman–Crippen MR) is 108 cm³/mol. The molecule has 0 radical (unpaired) electrons. The quantitative estimate of drug-likeness (QED) is 0.378. The topological polar surface area (TPSA) is 58.1 Å². The summed E-state index contributed by atoms with van der Waals surface area (Å²) in [6.45, 7) is 9.08. The minimum absolute atomic E-state index is 0. The van der Waals surface area contributed by atoms with Gasteiger partial charge in [-0.2, -0.15) is 0 Å². The normalized spacial score (nSPS) is 15.5. The van der Waals surface area contributed by atoms with E-state index in [4.69, 9.17) is 9.47 Å². The van der Waals surface area contributed by atoms with E-state index < -0.39 is 0 Å². The molecule has 0 unspecified atom stereocenters. The molecule has 6 nitrogen and oxygen atoms in total. The molecule has 2 rings (SSSR count). The zero-order valence-corrected chi connectivity index (χ0v) is 16.9. The van der Waals surface area contributed by atoms with Crippen LogP contribution in [-0.4, -0.2) is 63.9 Å². The predicted octanol–water partition coefficient (Wildman–Crippen LogP) is 1.70. The number of nitrogens with zero attached hydrogens (tertiary/aromatic N) is 2. The lowest BCUT2D eigenvalue weighted by molar-refractivity contribution is 0.0389. The third kappa shape index (κ3) is 7.23. The average molecular weight is 448 g/mol. The van der Waals surface area contributed by atoms with Crippen LogP contribution in [0.4, 0.5) is 0 Å². The minimum Gasteiger partial charge on any atom is -0.496 e. The maximum atomic E-state index is 5.37. The van der Waals surface area contributed by atoms with Crippen LogP contribution in [0.5, 0.6) is 5.75 Å². The lowest BCUT2D eigenvalue weighted by Crippen LogP contribution is -2.44. The molecule has 1 aromatic rings. The van der Waals surface area contributed by atoms with E-state index in [2.05, 4.69) is 27.4 Å². The van der Waals surface area contributed by atoms with Gasteiger partial charge < -0.3 is 20.1 Å². The summed E-state index contributed by atoms with van der Waals surface area (Å²) in [5.74, 6) is 1.71. The Hall–Kier alpha value is -1.06. The Balaban J connectivity index is 0.00000288. The Bertz CT molecular complexity index is 493. The maximum Gasteiger partial charge on any atom is 0.191 e. The number of rotatable bonds is 7. The summed E-state index contributed by atoms with van der Waals surface area (Å²) in [7, 11) is 1.69. The van der Waals surface area contributed by atoms with Gasteiger partial charge in [0.25, 0.3) is 0 Å². The molecule has 0 atom stereocenters. The first-order valence-electron chi connectivity index (χ1n) is 8.27. The molecule has 2 N–H and O–H groups in total. The van der Waals surface area contributed by atoms with Crippen LogP contribution in [0.25, 0.3) is 0 Å². The molecule has 1 saturated heterocycles. The van der Waals surface area contributed by atoms with Crippen LogP contribution >= 0.6 is 24.0 Å². The number of aliphatic imine (C=N–C) groups is 1. The van der Waals surface area contributed by atoms with E-state index in [0.29, 0.717) is 6.54 Å². The second kappa shape index (κ2) is 12.3. The van der Waals surface area contributed by atoms with Gasteiger partial charge in [0.15, 0.2) is 5.96 Å². The van der Waals surface area contributed by atoms with Crippen molar-refractivity contribution < 1.29 is 9.47 Å². The smallest absolute Gasteiger partial charge is 0.191 e. The van der Waals surface area contributed by atoms with Gasteiger partial charge in [0.2, 0.25) is 0 Å². The third-order valence-electron chi connectivity index (χ3n) is 3.77. The van der Waals surface area contributed by atoms with Gasteiger partial charge in [-0.3, -0.25) is 4.90 Å². The molecular formula is C17H29IN4O2. The van der Waals surface area contributed by atoms with Crippen molar-refractivity contribution in [2.45, 2.75) is 13.5 Å². The Morgan fingerprint density at radius 2 is 2.00 bits per heavy atom. The van der Waals surface area contributed by atoms with Crippen molar-refractivity contribution in [3.8, 4) is 5.75 Å². The first-order chi connectivity index (χ1) is 11.3. The van der Waals surface area contributed by atoms with Crippen LogP contribution in [0.2, 0.25) is 0 Å². The Morgan fingerprint density at radius 3 is 2.71 bits per heavy atom. The van der Waals surface area contributed by atoms with Crippen molar-refractivity contribution in [3.05, 3.63) is 29.8 Å². The van der Waals surface area contributed by atoms with Gasteiger partial charge >= 0.3 is 0 Å². The lowest BCUT2D eigenvalue weighted by Gasteiger charge is -2.26. The minimum atomic E-state index is 0. The van der Waals surface area contributed by atoms with Crippen molar-refractivity contribution in [2.75, 3.05) is 53.0 Å². The number of hydrogen-bond acceptors (Lipinski definition) is 4. The molecule has 1 aromatic carbocycles. The molecule has 1 aliphatic rings. The summed E-state index contributed by atoms with van der Waals surface area (Å²) in [4.78, 5) is 7.05. The molecule has 24 heavy (non-hydrogen) atoms. The van der Waals surface area contributed by atoms with Gasteiger partial charge in [0.05, 0.1) is 26.9 Å². The van der Waals surface area contributed by atoms with Crippen molar-refractivity contribution in [1.29, 1.82) is 0 Å². The maximum absolute atomic E-state index is 5.37. The molecule has 0 spiro atoms. The molecule has 0 bridgehead atoms. The first-order valence-corrected chi connectivity index (χ1v) is 8.27. The Kier molecular flexibility index (Phi) is 10.8. The van der Waals surface area contributed by atoms with Gasteiger partial charge in [0, 0.05) is 38.3 Å². The molecule has 1 fully saturated rings. The fourth-order valence-corrected chi connectivity index (χ4v) is 2.50. The average Bonchev–Trinajstić information content (AvgIpc) is 2.61. The second-order valence-electron chi connectivity index (χ2n) is 5.39. The van der Waals surface area contributed by atoms with Crippen LogP contribution in [0, 0.1) is 0 Å². The van der Waals surface area contributed by atoms with E-state index in [9.17, 15) is 0 Å². The van der Waals surface area contributed by atoms with Crippen molar-refractivity contribution in [3.63, 3.8) is 0 Å². The first kappa shape index (κ1) is 21.0. The molecule has 1 heterocycles. The van der Waals surface area contributed by atoms with Crippen molar-refractivity contribution >= 4 is 29.9 Å². The highest BCUT2D eigenvalue weighted by Gasteiger charge is 2.09. The number of halogens is 1. The summed E-state index contributed by atoms with van der Waals surface area (Å²) in [6.07, 6.45) is 0.